The molecule has 0 radical (unpaired) electrons. The number of esters is 1. The van der Waals surface area contributed by atoms with Gasteiger partial charge in [0.1, 0.15) is 5.00 Å². The van der Waals surface area contributed by atoms with Crippen LogP contribution in [0.15, 0.2) is 24.3 Å². The molecule has 1 N–H and O–H groups in total. The Labute approximate surface area is 180 Å². The molecule has 0 atom stereocenters. The van der Waals surface area contributed by atoms with Crippen molar-refractivity contribution in [2.75, 3.05) is 25.5 Å². The first-order valence-corrected chi connectivity index (χ1v) is 11.0. The lowest BCUT2D eigenvalue weighted by Gasteiger charge is -2.25. The Balaban J connectivity index is 1.66. The quantitative estimate of drug-likeness (QED) is 0.357. The Hall–Kier alpha value is -2.82. The Morgan fingerprint density at radius 1 is 1.30 bits per heavy atom. The fourth-order valence-electron chi connectivity index (χ4n) is 3.55. The van der Waals surface area contributed by atoms with E-state index in [1.807, 2.05) is 0 Å². The van der Waals surface area contributed by atoms with Crippen LogP contribution in [0.3, 0.4) is 0 Å². The number of ether oxygens (including phenoxy) is 1. The first-order valence-electron chi connectivity index (χ1n) is 9.35. The lowest BCUT2D eigenvalue weighted by Crippen LogP contribution is -2.29. The predicted molar refractivity (Wildman–Crippen MR) is 117 cm³/mol. The van der Waals surface area contributed by atoms with Gasteiger partial charge in [-0.25, -0.2) is 4.79 Å². The van der Waals surface area contributed by atoms with Gasteiger partial charge in [0, 0.05) is 40.2 Å². The molecule has 2 aromatic heterocycles. The highest BCUT2D eigenvalue weighted by Gasteiger charge is 2.29. The number of amides is 1. The average Bonchev–Trinajstić information content (AvgIpc) is 3.32. The van der Waals surface area contributed by atoms with Gasteiger partial charge in [-0.15, -0.1) is 22.7 Å². The summed E-state index contributed by atoms with van der Waals surface area (Å²) in [6, 6.07) is 6.14. The summed E-state index contributed by atoms with van der Waals surface area (Å²) in [6.07, 6.45) is 0.729. The zero-order chi connectivity index (χ0) is 21.4. The molecule has 0 unspecified atom stereocenters. The molecule has 1 aliphatic heterocycles. The van der Waals surface area contributed by atoms with Crippen LogP contribution in [0.25, 0.3) is 10.1 Å². The molecule has 1 aliphatic rings. The number of carbonyl (C=O) groups is 2. The van der Waals surface area contributed by atoms with Crippen LogP contribution in [0, 0.1) is 10.1 Å². The molecule has 3 aromatic rings. The molecule has 156 valence electrons. The molecular weight excluding hydrogens is 426 g/mol. The second-order valence-corrected chi connectivity index (χ2v) is 9.05. The number of methoxy groups -OCH3 is 1. The zero-order valence-electron chi connectivity index (χ0n) is 16.4. The van der Waals surface area contributed by atoms with Crippen LogP contribution in [0.5, 0.6) is 0 Å². The van der Waals surface area contributed by atoms with Crippen molar-refractivity contribution in [1.29, 1.82) is 0 Å². The largest absolute Gasteiger partial charge is 0.465 e. The minimum atomic E-state index is -0.463. The van der Waals surface area contributed by atoms with E-state index in [1.54, 1.807) is 12.1 Å². The molecule has 0 bridgehead atoms. The van der Waals surface area contributed by atoms with Crippen LogP contribution in [0.4, 0.5) is 10.7 Å². The summed E-state index contributed by atoms with van der Waals surface area (Å²) in [7, 11) is 1.33. The SMILES string of the molecule is CCN1CCc2c(sc(NC(=O)c3cc4cc([N+](=O)[O-])ccc4s3)c2C(=O)OC)C1. The van der Waals surface area contributed by atoms with E-state index in [4.69, 9.17) is 4.74 Å². The number of anilines is 1. The number of carbonyl (C=O) groups excluding carboxylic acids is 2. The van der Waals surface area contributed by atoms with Gasteiger partial charge < -0.3 is 10.1 Å². The smallest absolute Gasteiger partial charge is 0.341 e. The van der Waals surface area contributed by atoms with Gasteiger partial charge in [-0.3, -0.25) is 19.8 Å². The van der Waals surface area contributed by atoms with Crippen LogP contribution in [0.1, 0.15) is 37.4 Å². The normalized spacial score (nSPS) is 13.8. The molecule has 0 spiro atoms. The molecule has 10 heteroatoms. The first kappa shape index (κ1) is 20.5. The Bertz CT molecular complexity index is 1170. The number of nitrogens with one attached hydrogen (secondary N) is 1. The number of nitro groups is 1. The summed E-state index contributed by atoms with van der Waals surface area (Å²) in [6.45, 7) is 4.60. The van der Waals surface area contributed by atoms with Crippen molar-refractivity contribution in [2.45, 2.75) is 19.9 Å². The van der Waals surface area contributed by atoms with Crippen LogP contribution < -0.4 is 5.32 Å². The van der Waals surface area contributed by atoms with Crippen molar-refractivity contribution in [3.8, 4) is 0 Å². The van der Waals surface area contributed by atoms with Crippen molar-refractivity contribution in [3.05, 3.63) is 55.3 Å². The molecule has 0 saturated heterocycles. The first-order chi connectivity index (χ1) is 14.4. The van der Waals surface area contributed by atoms with Crippen molar-refractivity contribution >= 4 is 55.3 Å². The molecule has 3 heterocycles. The molecular formula is C20H19N3O5S2. The van der Waals surface area contributed by atoms with Gasteiger partial charge in [0.2, 0.25) is 0 Å². The van der Waals surface area contributed by atoms with E-state index in [2.05, 4.69) is 17.1 Å². The highest BCUT2D eigenvalue weighted by molar-refractivity contribution is 7.21. The summed E-state index contributed by atoms with van der Waals surface area (Å²) in [5, 5.41) is 15.0. The monoisotopic (exact) mass is 445 g/mol. The minimum absolute atomic E-state index is 0.0216. The standard InChI is InChI=1S/C20H19N3O5S2/c1-3-22-7-6-13-16(10-22)30-19(17(13)20(25)28-2)21-18(24)15-9-11-8-12(23(26)27)4-5-14(11)29-15/h4-5,8-9H,3,6-7,10H2,1-2H3,(H,21,24). The van der Waals surface area contributed by atoms with Crippen LogP contribution >= 0.6 is 22.7 Å². The number of benzene rings is 1. The zero-order valence-corrected chi connectivity index (χ0v) is 18.0. The van der Waals surface area contributed by atoms with E-state index in [0.717, 1.165) is 41.2 Å². The van der Waals surface area contributed by atoms with Gasteiger partial charge in [-0.05, 0) is 30.7 Å². The average molecular weight is 446 g/mol. The molecule has 8 nitrogen and oxygen atoms in total. The highest BCUT2D eigenvalue weighted by Crippen LogP contribution is 2.38. The summed E-state index contributed by atoms with van der Waals surface area (Å²) in [5.41, 5.74) is 1.35. The molecule has 1 amide bonds. The summed E-state index contributed by atoms with van der Waals surface area (Å²) in [5.74, 6) is -0.810. The second kappa shape index (κ2) is 8.13. The van der Waals surface area contributed by atoms with Gasteiger partial charge in [0.05, 0.1) is 22.5 Å². The number of fused-ring (bicyclic) bond motifs is 2. The third kappa shape index (κ3) is 3.69. The lowest BCUT2D eigenvalue weighted by atomic mass is 10.0. The van der Waals surface area contributed by atoms with Crippen LogP contribution in [-0.4, -0.2) is 41.9 Å². The third-order valence-corrected chi connectivity index (χ3v) is 7.38. The second-order valence-electron chi connectivity index (χ2n) is 6.86. The molecule has 0 saturated carbocycles. The third-order valence-electron chi connectivity index (χ3n) is 5.13. The predicted octanol–water partition coefficient (Wildman–Crippen LogP) is 4.29. The van der Waals surface area contributed by atoms with Crippen molar-refractivity contribution in [3.63, 3.8) is 0 Å². The van der Waals surface area contributed by atoms with Crippen LogP contribution in [0.2, 0.25) is 0 Å². The molecule has 0 fully saturated rings. The Morgan fingerprint density at radius 3 is 2.80 bits per heavy atom. The number of likely N-dealkylation sites (N-methyl/N-ethyl adjacent to an activating group) is 1. The van der Waals surface area contributed by atoms with Gasteiger partial charge >= 0.3 is 5.97 Å². The van der Waals surface area contributed by atoms with E-state index in [1.165, 1.54) is 41.9 Å². The lowest BCUT2D eigenvalue weighted by molar-refractivity contribution is -0.384. The number of thiophene rings is 2. The molecule has 1 aromatic carbocycles. The summed E-state index contributed by atoms with van der Waals surface area (Å²) >= 11 is 2.65. The molecule has 4 rings (SSSR count). The Morgan fingerprint density at radius 2 is 2.10 bits per heavy atom. The number of hydrogen-bond donors (Lipinski definition) is 1. The fraction of sp³-hybridized carbons (Fsp3) is 0.300. The number of non-ortho nitro benzene ring substituents is 1. The van der Waals surface area contributed by atoms with Crippen molar-refractivity contribution in [1.82, 2.24) is 4.90 Å². The van der Waals surface area contributed by atoms with Crippen LogP contribution in [-0.2, 0) is 17.7 Å². The van der Waals surface area contributed by atoms with E-state index >= 15 is 0 Å². The van der Waals surface area contributed by atoms with E-state index in [-0.39, 0.29) is 11.6 Å². The molecule has 30 heavy (non-hydrogen) atoms. The van der Waals surface area contributed by atoms with Gasteiger partial charge in [0.25, 0.3) is 11.6 Å². The van der Waals surface area contributed by atoms with Gasteiger partial charge in [0.15, 0.2) is 0 Å². The van der Waals surface area contributed by atoms with E-state index < -0.39 is 10.9 Å². The van der Waals surface area contributed by atoms with Crippen molar-refractivity contribution < 1.29 is 19.2 Å². The minimum Gasteiger partial charge on any atom is -0.465 e. The summed E-state index contributed by atoms with van der Waals surface area (Å²) < 4.78 is 5.75. The number of rotatable bonds is 5. The fourth-order valence-corrected chi connectivity index (χ4v) is 5.76. The van der Waals surface area contributed by atoms with Gasteiger partial charge in [-0.1, -0.05) is 6.92 Å². The maximum atomic E-state index is 12.9. The number of nitro benzene ring substituents is 1. The number of hydrogen-bond acceptors (Lipinski definition) is 8. The number of nitrogens with zero attached hydrogens (tertiary/aromatic N) is 2. The highest BCUT2D eigenvalue weighted by atomic mass is 32.1. The maximum absolute atomic E-state index is 12.9. The van der Waals surface area contributed by atoms with E-state index in [0.29, 0.717) is 20.8 Å². The topological polar surface area (TPSA) is 102 Å². The maximum Gasteiger partial charge on any atom is 0.341 e. The Kier molecular flexibility index (Phi) is 5.54. The van der Waals surface area contributed by atoms with Crippen molar-refractivity contribution in [2.24, 2.45) is 0 Å². The molecule has 0 aliphatic carbocycles. The van der Waals surface area contributed by atoms with Gasteiger partial charge in [-0.2, -0.15) is 0 Å². The summed E-state index contributed by atoms with van der Waals surface area (Å²) in [4.78, 5) is 39.6. The van der Waals surface area contributed by atoms with E-state index in [9.17, 15) is 19.7 Å².